The third kappa shape index (κ3) is 3.64. The van der Waals surface area contributed by atoms with Gasteiger partial charge in [0.15, 0.2) is 0 Å². The zero-order valence-corrected chi connectivity index (χ0v) is 12.0. The summed E-state index contributed by atoms with van der Waals surface area (Å²) in [5.41, 5.74) is 4.55. The number of halogens is 3. The first-order valence-electron chi connectivity index (χ1n) is 5.89. The number of sulfonamides is 1. The molecule has 0 aliphatic heterocycles. The number of benzene rings is 1. The molecule has 2 rings (SSSR count). The molecule has 3 N–H and O–H groups in total. The van der Waals surface area contributed by atoms with Crippen molar-refractivity contribution in [1.82, 2.24) is 9.97 Å². The number of aromatic nitrogens is 2. The topological polar surface area (TPSA) is 98.0 Å². The first-order valence-corrected chi connectivity index (χ1v) is 7.37. The molecule has 10 heteroatoms. The third-order valence-electron chi connectivity index (χ3n) is 2.56. The Kier molecular flexibility index (Phi) is 3.96. The van der Waals surface area contributed by atoms with Gasteiger partial charge in [-0.1, -0.05) is 0 Å². The van der Waals surface area contributed by atoms with Crippen LogP contribution in [-0.4, -0.2) is 18.4 Å². The summed E-state index contributed by atoms with van der Waals surface area (Å²) in [5.74, 6) is -0.649. The number of anilines is 2. The van der Waals surface area contributed by atoms with Crippen molar-refractivity contribution in [2.24, 2.45) is 0 Å². The van der Waals surface area contributed by atoms with Crippen LogP contribution in [0.5, 0.6) is 0 Å². The van der Waals surface area contributed by atoms with Gasteiger partial charge in [0.1, 0.15) is 5.69 Å². The molecule has 0 bridgehead atoms. The minimum absolute atomic E-state index is 0.0164. The van der Waals surface area contributed by atoms with E-state index < -0.39 is 27.8 Å². The van der Waals surface area contributed by atoms with Crippen molar-refractivity contribution in [3.63, 3.8) is 0 Å². The number of nitrogens with two attached hydrogens (primary N) is 1. The van der Waals surface area contributed by atoms with E-state index in [1.54, 1.807) is 0 Å². The van der Waals surface area contributed by atoms with Crippen LogP contribution < -0.4 is 10.5 Å². The molecule has 1 aromatic heterocycles. The molecule has 2 aromatic rings. The van der Waals surface area contributed by atoms with E-state index in [2.05, 4.69) is 9.97 Å². The van der Waals surface area contributed by atoms with Crippen molar-refractivity contribution >= 4 is 21.7 Å². The number of nitrogens with one attached hydrogen (secondary N) is 1. The van der Waals surface area contributed by atoms with Crippen LogP contribution in [0.2, 0.25) is 0 Å². The summed E-state index contributed by atoms with van der Waals surface area (Å²) in [6.45, 7) is 1.30. The second kappa shape index (κ2) is 5.44. The van der Waals surface area contributed by atoms with Gasteiger partial charge in [-0.25, -0.2) is 23.1 Å². The number of aryl methyl sites for hydroxylation is 1. The largest absolute Gasteiger partial charge is 0.433 e. The van der Waals surface area contributed by atoms with Crippen molar-refractivity contribution in [1.29, 1.82) is 0 Å². The van der Waals surface area contributed by atoms with Crippen LogP contribution in [0.1, 0.15) is 11.4 Å². The van der Waals surface area contributed by atoms with E-state index >= 15 is 0 Å². The van der Waals surface area contributed by atoms with Gasteiger partial charge in [-0.15, -0.1) is 0 Å². The third-order valence-corrected chi connectivity index (χ3v) is 3.90. The molecule has 0 radical (unpaired) electrons. The van der Waals surface area contributed by atoms with Crippen molar-refractivity contribution in [2.45, 2.75) is 18.0 Å². The molecule has 6 nitrogen and oxygen atoms in total. The summed E-state index contributed by atoms with van der Waals surface area (Å²) in [6.07, 6.45) is -4.70. The molecule has 0 unspecified atom stereocenters. The fourth-order valence-corrected chi connectivity index (χ4v) is 2.53. The highest BCUT2D eigenvalue weighted by Crippen LogP contribution is 2.28. The van der Waals surface area contributed by atoms with Gasteiger partial charge in [-0.05, 0) is 37.3 Å². The Morgan fingerprint density at radius 1 is 1.14 bits per heavy atom. The molecule has 22 heavy (non-hydrogen) atoms. The van der Waals surface area contributed by atoms with Gasteiger partial charge in [0, 0.05) is 11.4 Å². The van der Waals surface area contributed by atoms with E-state index in [-0.39, 0.29) is 10.6 Å². The highest BCUT2D eigenvalue weighted by Gasteiger charge is 2.33. The molecule has 0 aliphatic rings. The van der Waals surface area contributed by atoms with E-state index in [0.29, 0.717) is 5.69 Å². The maximum Gasteiger partial charge on any atom is 0.433 e. The van der Waals surface area contributed by atoms with Gasteiger partial charge >= 0.3 is 6.18 Å². The molecule has 0 saturated heterocycles. The number of nitrogen functional groups attached to an aromatic ring is 1. The molecule has 1 heterocycles. The van der Waals surface area contributed by atoms with Crippen LogP contribution in [0.15, 0.2) is 35.2 Å². The lowest BCUT2D eigenvalue weighted by molar-refractivity contribution is -0.141. The average molecular weight is 332 g/mol. The van der Waals surface area contributed by atoms with E-state index in [1.807, 2.05) is 4.72 Å². The second-order valence-corrected chi connectivity index (χ2v) is 6.07. The monoisotopic (exact) mass is 332 g/mol. The Morgan fingerprint density at radius 3 is 2.27 bits per heavy atom. The SMILES string of the molecule is Cc1cc(C(F)(F)F)nc(NS(=O)(=O)c2ccc(N)cc2)n1. The smallest absolute Gasteiger partial charge is 0.399 e. The zero-order chi connectivity index (χ0) is 16.5. The average Bonchev–Trinajstić information content (AvgIpc) is 2.36. The summed E-state index contributed by atoms with van der Waals surface area (Å²) in [4.78, 5) is 6.67. The Morgan fingerprint density at radius 2 is 1.73 bits per heavy atom. The fourth-order valence-electron chi connectivity index (χ4n) is 1.59. The Labute approximate surface area is 124 Å². The lowest BCUT2D eigenvalue weighted by atomic mass is 10.3. The molecule has 0 amide bonds. The van der Waals surface area contributed by atoms with Crippen LogP contribution >= 0.6 is 0 Å². The van der Waals surface area contributed by atoms with Crippen LogP contribution in [0.25, 0.3) is 0 Å². The predicted molar refractivity (Wildman–Crippen MR) is 73.4 cm³/mol. The van der Waals surface area contributed by atoms with Crippen LogP contribution in [-0.2, 0) is 16.2 Å². The molecular formula is C12H11F3N4O2S. The minimum Gasteiger partial charge on any atom is -0.399 e. The Balaban J connectivity index is 2.38. The molecule has 0 spiro atoms. The summed E-state index contributed by atoms with van der Waals surface area (Å²) in [5, 5.41) is 0. The summed E-state index contributed by atoms with van der Waals surface area (Å²) in [7, 11) is -4.11. The molecule has 0 saturated carbocycles. The van der Waals surface area contributed by atoms with E-state index in [0.717, 1.165) is 6.07 Å². The summed E-state index contributed by atoms with van der Waals surface area (Å²) < 4.78 is 64.1. The molecule has 1 aromatic carbocycles. The number of alkyl halides is 3. The van der Waals surface area contributed by atoms with Gasteiger partial charge in [0.2, 0.25) is 5.95 Å². The maximum absolute atomic E-state index is 12.7. The van der Waals surface area contributed by atoms with Crippen molar-refractivity contribution < 1.29 is 21.6 Å². The Bertz CT molecular complexity index is 789. The van der Waals surface area contributed by atoms with Gasteiger partial charge in [0.05, 0.1) is 4.90 Å². The summed E-state index contributed by atoms with van der Waals surface area (Å²) in [6, 6.07) is 5.87. The minimum atomic E-state index is -4.70. The standard InChI is InChI=1S/C12H11F3N4O2S/c1-7-6-10(12(13,14)15)18-11(17-7)19-22(20,21)9-4-2-8(16)3-5-9/h2-6H,16H2,1H3,(H,17,18,19). The van der Waals surface area contributed by atoms with E-state index in [4.69, 9.17) is 5.73 Å². The van der Waals surface area contributed by atoms with E-state index in [9.17, 15) is 21.6 Å². The normalized spacial score (nSPS) is 12.2. The second-order valence-electron chi connectivity index (χ2n) is 4.39. The lowest BCUT2D eigenvalue weighted by Crippen LogP contribution is -2.18. The first kappa shape index (κ1) is 16.0. The number of hydrogen-bond donors (Lipinski definition) is 2. The fraction of sp³-hybridized carbons (Fsp3) is 0.167. The number of nitrogens with zero attached hydrogens (tertiary/aromatic N) is 2. The highest BCUT2D eigenvalue weighted by atomic mass is 32.2. The molecular weight excluding hydrogens is 321 g/mol. The van der Waals surface area contributed by atoms with Gasteiger partial charge in [0.25, 0.3) is 10.0 Å². The number of rotatable bonds is 3. The van der Waals surface area contributed by atoms with Gasteiger partial charge in [-0.2, -0.15) is 13.2 Å². The highest BCUT2D eigenvalue weighted by molar-refractivity contribution is 7.92. The zero-order valence-electron chi connectivity index (χ0n) is 11.2. The van der Waals surface area contributed by atoms with Crippen molar-refractivity contribution in [3.8, 4) is 0 Å². The van der Waals surface area contributed by atoms with Crippen LogP contribution in [0.3, 0.4) is 0 Å². The van der Waals surface area contributed by atoms with E-state index in [1.165, 1.54) is 31.2 Å². The molecule has 0 aliphatic carbocycles. The molecule has 0 atom stereocenters. The molecule has 0 fully saturated rings. The summed E-state index contributed by atoms with van der Waals surface area (Å²) >= 11 is 0. The quantitative estimate of drug-likeness (QED) is 0.840. The molecule has 118 valence electrons. The van der Waals surface area contributed by atoms with Crippen LogP contribution in [0.4, 0.5) is 24.8 Å². The van der Waals surface area contributed by atoms with Crippen molar-refractivity contribution in [3.05, 3.63) is 41.7 Å². The Hall–Kier alpha value is -2.36. The lowest BCUT2D eigenvalue weighted by Gasteiger charge is -2.10. The maximum atomic E-state index is 12.7. The van der Waals surface area contributed by atoms with Gasteiger partial charge in [-0.3, -0.25) is 0 Å². The van der Waals surface area contributed by atoms with Gasteiger partial charge < -0.3 is 5.73 Å². The van der Waals surface area contributed by atoms with Crippen molar-refractivity contribution in [2.75, 3.05) is 10.5 Å². The first-order chi connectivity index (χ1) is 10.1. The van der Waals surface area contributed by atoms with Crippen LogP contribution in [0, 0.1) is 6.92 Å². The predicted octanol–water partition coefficient (Wildman–Crippen LogP) is 2.19. The number of hydrogen-bond acceptors (Lipinski definition) is 5.